The van der Waals surface area contributed by atoms with Crippen LogP contribution in [0.2, 0.25) is 0 Å². The molecule has 5 nitrogen and oxygen atoms in total. The minimum absolute atomic E-state index is 0.0129. The summed E-state index contributed by atoms with van der Waals surface area (Å²) in [5.74, 6) is 0.725. The molecule has 0 saturated heterocycles. The van der Waals surface area contributed by atoms with Crippen molar-refractivity contribution in [3.63, 3.8) is 0 Å². The number of hydrogen-bond donors (Lipinski definition) is 1. The summed E-state index contributed by atoms with van der Waals surface area (Å²) >= 11 is 1.54. The normalized spacial score (nSPS) is 17.6. The highest BCUT2D eigenvalue weighted by atomic mass is 32.2. The van der Waals surface area contributed by atoms with Gasteiger partial charge in [0.05, 0.1) is 6.04 Å². The summed E-state index contributed by atoms with van der Waals surface area (Å²) in [5.41, 5.74) is 1.43. The first-order chi connectivity index (χ1) is 8.54. The minimum atomic E-state index is -0.0733. The molecular formula is C12H17N3O2S. The van der Waals surface area contributed by atoms with Gasteiger partial charge in [0.2, 0.25) is 5.91 Å². The zero-order valence-electron chi connectivity index (χ0n) is 10.8. The maximum absolute atomic E-state index is 12.2. The molecule has 6 heteroatoms. The predicted octanol–water partition coefficient (Wildman–Crippen LogP) is 1.03. The molecule has 1 aliphatic rings. The van der Waals surface area contributed by atoms with Gasteiger partial charge in [-0.3, -0.25) is 14.2 Å². The number of amides is 1. The number of aromatic nitrogens is 2. The molecule has 2 heterocycles. The average Bonchev–Trinajstić information content (AvgIpc) is 2.69. The third kappa shape index (κ3) is 2.29. The van der Waals surface area contributed by atoms with E-state index in [-0.39, 0.29) is 17.5 Å². The van der Waals surface area contributed by atoms with E-state index in [0.29, 0.717) is 18.5 Å². The van der Waals surface area contributed by atoms with Crippen LogP contribution in [0, 0.1) is 13.8 Å². The van der Waals surface area contributed by atoms with Gasteiger partial charge >= 0.3 is 0 Å². The smallest absolute Gasteiger partial charge is 0.257 e. The molecule has 0 bridgehead atoms. The number of carbonyl (C=O) groups is 1. The van der Waals surface area contributed by atoms with Gasteiger partial charge in [0.15, 0.2) is 5.16 Å². The lowest BCUT2D eigenvalue weighted by Crippen LogP contribution is -2.31. The van der Waals surface area contributed by atoms with Crippen molar-refractivity contribution in [1.29, 1.82) is 0 Å². The number of aryl methyl sites for hydroxylation is 1. The van der Waals surface area contributed by atoms with Gasteiger partial charge < -0.3 is 5.32 Å². The van der Waals surface area contributed by atoms with Crippen LogP contribution < -0.4 is 10.9 Å². The number of thioether (sulfide) groups is 1. The van der Waals surface area contributed by atoms with Crippen molar-refractivity contribution in [2.45, 2.75) is 38.4 Å². The highest BCUT2D eigenvalue weighted by Gasteiger charge is 2.28. The van der Waals surface area contributed by atoms with E-state index in [9.17, 15) is 9.59 Å². The molecule has 0 aromatic carbocycles. The Kier molecular flexibility index (Phi) is 3.75. The van der Waals surface area contributed by atoms with E-state index in [0.717, 1.165) is 16.6 Å². The lowest BCUT2D eigenvalue weighted by atomic mass is 10.2. The highest BCUT2D eigenvalue weighted by molar-refractivity contribution is 7.99. The second kappa shape index (κ2) is 5.14. The molecule has 1 aromatic heterocycles. The van der Waals surface area contributed by atoms with Crippen molar-refractivity contribution in [3.8, 4) is 0 Å². The van der Waals surface area contributed by atoms with Crippen molar-refractivity contribution in [2.75, 3.05) is 12.3 Å². The molecule has 1 atom stereocenters. The monoisotopic (exact) mass is 267 g/mol. The third-order valence-electron chi connectivity index (χ3n) is 3.12. The predicted molar refractivity (Wildman–Crippen MR) is 71.0 cm³/mol. The lowest BCUT2D eigenvalue weighted by molar-refractivity contribution is -0.121. The van der Waals surface area contributed by atoms with Gasteiger partial charge in [-0.25, -0.2) is 4.98 Å². The Morgan fingerprint density at radius 3 is 2.94 bits per heavy atom. The van der Waals surface area contributed by atoms with Crippen LogP contribution in [0.15, 0.2) is 9.95 Å². The first-order valence-corrected chi connectivity index (χ1v) is 7.02. The molecule has 1 N–H and O–H groups in total. The van der Waals surface area contributed by atoms with Gasteiger partial charge in [-0.15, -0.1) is 0 Å². The summed E-state index contributed by atoms with van der Waals surface area (Å²) in [4.78, 5) is 28.2. The van der Waals surface area contributed by atoms with Crippen LogP contribution in [-0.4, -0.2) is 27.8 Å². The van der Waals surface area contributed by atoms with Crippen molar-refractivity contribution >= 4 is 17.7 Å². The topological polar surface area (TPSA) is 64.0 Å². The highest BCUT2D eigenvalue weighted by Crippen LogP contribution is 2.32. The van der Waals surface area contributed by atoms with Crippen LogP contribution in [0.4, 0.5) is 0 Å². The Morgan fingerprint density at radius 1 is 1.56 bits per heavy atom. The zero-order valence-corrected chi connectivity index (χ0v) is 11.6. The van der Waals surface area contributed by atoms with E-state index in [2.05, 4.69) is 10.3 Å². The Balaban J connectivity index is 2.31. The van der Waals surface area contributed by atoms with Crippen LogP contribution >= 0.6 is 11.8 Å². The van der Waals surface area contributed by atoms with Crippen LogP contribution in [0.3, 0.4) is 0 Å². The molecular weight excluding hydrogens is 250 g/mol. The number of nitrogens with zero attached hydrogens (tertiary/aromatic N) is 2. The van der Waals surface area contributed by atoms with E-state index in [1.165, 1.54) is 0 Å². The zero-order chi connectivity index (χ0) is 13.3. The standard InChI is InChI=1S/C12H17N3O2S/c1-4-13-10(16)5-9-6-18-12-14-8(3)7(2)11(17)15(9)12/h9H,4-6H2,1-3H3,(H,13,16). The van der Waals surface area contributed by atoms with Crippen molar-refractivity contribution < 1.29 is 4.79 Å². The third-order valence-corrected chi connectivity index (χ3v) is 4.21. The van der Waals surface area contributed by atoms with Crippen molar-refractivity contribution in [1.82, 2.24) is 14.9 Å². The second-order valence-corrected chi connectivity index (χ2v) is 5.39. The minimum Gasteiger partial charge on any atom is -0.356 e. The van der Waals surface area contributed by atoms with Crippen molar-refractivity contribution in [3.05, 3.63) is 21.6 Å². The second-order valence-electron chi connectivity index (χ2n) is 4.40. The maximum atomic E-state index is 12.2. The molecule has 0 spiro atoms. The average molecular weight is 267 g/mol. The van der Waals surface area contributed by atoms with Gasteiger partial charge in [-0.1, -0.05) is 11.8 Å². The van der Waals surface area contributed by atoms with Crippen LogP contribution in [0.1, 0.15) is 30.6 Å². The Morgan fingerprint density at radius 2 is 2.28 bits per heavy atom. The Bertz CT molecular complexity index is 539. The summed E-state index contributed by atoms with van der Waals surface area (Å²) < 4.78 is 1.67. The quantitative estimate of drug-likeness (QED) is 0.831. The van der Waals surface area contributed by atoms with Crippen molar-refractivity contribution in [2.24, 2.45) is 0 Å². The summed E-state index contributed by atoms with van der Waals surface area (Å²) in [6.45, 7) is 6.13. The van der Waals surface area contributed by atoms with Gasteiger partial charge in [-0.2, -0.15) is 0 Å². The van der Waals surface area contributed by atoms with Crippen LogP contribution in [0.5, 0.6) is 0 Å². The molecule has 0 fully saturated rings. The first kappa shape index (κ1) is 13.1. The molecule has 2 rings (SSSR count). The number of rotatable bonds is 3. The largest absolute Gasteiger partial charge is 0.356 e. The lowest BCUT2D eigenvalue weighted by Gasteiger charge is -2.14. The van der Waals surface area contributed by atoms with E-state index in [1.54, 1.807) is 23.3 Å². The van der Waals surface area contributed by atoms with Gasteiger partial charge in [0.1, 0.15) is 0 Å². The Labute approximate surface area is 110 Å². The number of carbonyl (C=O) groups excluding carboxylic acids is 1. The molecule has 1 unspecified atom stereocenters. The molecule has 1 amide bonds. The number of fused-ring (bicyclic) bond motifs is 1. The summed E-state index contributed by atoms with van der Waals surface area (Å²) in [6, 6.07) is -0.0733. The molecule has 0 radical (unpaired) electrons. The first-order valence-electron chi connectivity index (χ1n) is 6.03. The fourth-order valence-electron chi connectivity index (χ4n) is 2.01. The van der Waals surface area contributed by atoms with E-state index in [1.807, 2.05) is 13.8 Å². The fraction of sp³-hybridized carbons (Fsp3) is 0.583. The summed E-state index contributed by atoms with van der Waals surface area (Å²) in [5, 5.41) is 3.50. The van der Waals surface area contributed by atoms with E-state index < -0.39 is 0 Å². The Hall–Kier alpha value is -1.30. The SMILES string of the molecule is CCNC(=O)CC1CSc2nc(C)c(C)c(=O)n21. The molecule has 1 aliphatic heterocycles. The molecule has 0 aliphatic carbocycles. The van der Waals surface area contributed by atoms with E-state index >= 15 is 0 Å². The molecule has 1 aromatic rings. The number of hydrogen-bond acceptors (Lipinski definition) is 4. The van der Waals surface area contributed by atoms with Gasteiger partial charge in [-0.05, 0) is 20.8 Å². The van der Waals surface area contributed by atoms with Gasteiger partial charge in [0, 0.05) is 30.0 Å². The molecule has 0 saturated carbocycles. The van der Waals surface area contributed by atoms with Crippen LogP contribution in [-0.2, 0) is 4.79 Å². The fourth-order valence-corrected chi connectivity index (χ4v) is 3.19. The maximum Gasteiger partial charge on any atom is 0.257 e. The summed E-state index contributed by atoms with van der Waals surface area (Å²) in [7, 11) is 0. The molecule has 98 valence electrons. The van der Waals surface area contributed by atoms with Crippen LogP contribution in [0.25, 0.3) is 0 Å². The number of nitrogens with one attached hydrogen (secondary N) is 1. The summed E-state index contributed by atoms with van der Waals surface area (Å²) in [6.07, 6.45) is 0.345. The molecule has 18 heavy (non-hydrogen) atoms. The van der Waals surface area contributed by atoms with E-state index in [4.69, 9.17) is 0 Å². The van der Waals surface area contributed by atoms with Gasteiger partial charge in [0.25, 0.3) is 5.56 Å².